The first-order valence-corrected chi connectivity index (χ1v) is 8.20. The Hall–Kier alpha value is -3.00. The van der Waals surface area contributed by atoms with Gasteiger partial charge in [-0.05, 0) is 18.9 Å². The summed E-state index contributed by atoms with van der Waals surface area (Å²) in [7, 11) is 0. The van der Waals surface area contributed by atoms with Gasteiger partial charge >= 0.3 is 0 Å². The molecule has 9 heteroatoms. The summed E-state index contributed by atoms with van der Waals surface area (Å²) in [4.78, 5) is 3.80. The van der Waals surface area contributed by atoms with Crippen molar-refractivity contribution >= 4 is 17.7 Å². The molecule has 1 aliphatic carbocycles. The third-order valence-corrected chi connectivity index (χ3v) is 4.46. The lowest BCUT2D eigenvalue weighted by atomic mass is 10.0. The zero-order valence-corrected chi connectivity index (χ0v) is 14.2. The molecule has 26 heavy (non-hydrogen) atoms. The van der Waals surface area contributed by atoms with E-state index in [1.165, 1.54) is 23.4 Å². The molecule has 1 aromatic carbocycles. The van der Waals surface area contributed by atoms with Crippen LogP contribution < -0.4 is 4.74 Å². The third-order valence-electron chi connectivity index (χ3n) is 4.17. The number of halogens is 2. The Kier molecular flexibility index (Phi) is 4.04. The number of rotatable bonds is 4. The first-order valence-electron chi connectivity index (χ1n) is 7.83. The van der Waals surface area contributed by atoms with E-state index in [4.69, 9.17) is 16.3 Å². The van der Waals surface area contributed by atoms with Crippen LogP contribution in [0.3, 0.4) is 0 Å². The SMILES string of the molecule is Oc1c2c(c(O)n1-c1cc(OCn3cncn3)c(Cl)cc1F)CCC=C2. The molecule has 0 radical (unpaired) electrons. The van der Waals surface area contributed by atoms with Crippen LogP contribution in [-0.4, -0.2) is 29.5 Å². The quantitative estimate of drug-likeness (QED) is 0.730. The maximum absolute atomic E-state index is 14.5. The highest BCUT2D eigenvalue weighted by molar-refractivity contribution is 6.32. The topological polar surface area (TPSA) is 85.3 Å². The molecule has 0 amide bonds. The van der Waals surface area contributed by atoms with E-state index in [9.17, 15) is 14.6 Å². The lowest BCUT2D eigenvalue weighted by Crippen LogP contribution is -2.07. The van der Waals surface area contributed by atoms with Crippen molar-refractivity contribution < 1.29 is 19.3 Å². The van der Waals surface area contributed by atoms with Gasteiger partial charge < -0.3 is 14.9 Å². The molecule has 0 saturated heterocycles. The van der Waals surface area contributed by atoms with Crippen LogP contribution in [0, 0.1) is 5.82 Å². The normalized spacial score (nSPS) is 13.0. The van der Waals surface area contributed by atoms with Crippen LogP contribution in [-0.2, 0) is 13.2 Å². The Morgan fingerprint density at radius 3 is 2.85 bits per heavy atom. The number of nitrogens with zero attached hydrogens (tertiary/aromatic N) is 4. The Balaban J connectivity index is 1.76. The van der Waals surface area contributed by atoms with Crippen molar-refractivity contribution in [2.75, 3.05) is 0 Å². The maximum Gasteiger partial charge on any atom is 0.206 e. The lowest BCUT2D eigenvalue weighted by Gasteiger charge is -2.13. The minimum atomic E-state index is -0.704. The van der Waals surface area contributed by atoms with Crippen molar-refractivity contribution in [3.8, 4) is 23.2 Å². The van der Waals surface area contributed by atoms with Crippen LogP contribution in [0.4, 0.5) is 4.39 Å². The average Bonchev–Trinajstić information content (AvgIpc) is 3.23. The van der Waals surface area contributed by atoms with Crippen molar-refractivity contribution in [3.05, 3.63) is 52.8 Å². The van der Waals surface area contributed by atoms with Gasteiger partial charge in [-0.25, -0.2) is 18.6 Å². The van der Waals surface area contributed by atoms with Crippen molar-refractivity contribution in [3.63, 3.8) is 0 Å². The predicted octanol–water partition coefficient (Wildman–Crippen LogP) is 3.27. The Morgan fingerprint density at radius 1 is 1.27 bits per heavy atom. The molecule has 3 aromatic rings. The van der Waals surface area contributed by atoms with E-state index in [0.717, 1.165) is 17.1 Å². The molecular weight excluding hydrogens is 363 g/mol. The highest BCUT2D eigenvalue weighted by Gasteiger charge is 2.25. The maximum atomic E-state index is 14.5. The summed E-state index contributed by atoms with van der Waals surface area (Å²) >= 11 is 6.05. The number of benzene rings is 1. The highest BCUT2D eigenvalue weighted by atomic mass is 35.5. The smallest absolute Gasteiger partial charge is 0.206 e. The standard InChI is InChI=1S/C17H14ClFN4O3/c18-12-5-13(19)14(6-15(12)26-9-22-8-20-7-21-22)23-16(24)10-3-1-2-4-11(10)17(23)25/h1,3,5-8,24-25H,2,4,9H2. The van der Waals surface area contributed by atoms with E-state index in [1.54, 1.807) is 6.08 Å². The molecule has 2 N–H and O–H groups in total. The number of aromatic hydroxyl groups is 2. The molecule has 0 atom stereocenters. The molecule has 0 unspecified atom stereocenters. The van der Waals surface area contributed by atoms with E-state index >= 15 is 0 Å². The van der Waals surface area contributed by atoms with Crippen molar-refractivity contribution in [1.29, 1.82) is 0 Å². The summed E-state index contributed by atoms with van der Waals surface area (Å²) in [5.74, 6) is -0.966. The Morgan fingerprint density at radius 2 is 2.12 bits per heavy atom. The van der Waals surface area contributed by atoms with Gasteiger partial charge in [0.25, 0.3) is 0 Å². The molecule has 0 aliphatic heterocycles. The molecule has 0 saturated carbocycles. The molecule has 2 aromatic heterocycles. The minimum Gasteiger partial charge on any atom is -0.494 e. The zero-order chi connectivity index (χ0) is 18.3. The molecular formula is C17H14ClFN4O3. The fraction of sp³-hybridized carbons (Fsp3) is 0.176. The van der Waals surface area contributed by atoms with Crippen LogP contribution in [0.5, 0.6) is 17.5 Å². The molecule has 1 aliphatic rings. The molecule has 7 nitrogen and oxygen atoms in total. The zero-order valence-electron chi connectivity index (χ0n) is 13.4. The van der Waals surface area contributed by atoms with Crippen LogP contribution >= 0.6 is 11.6 Å². The van der Waals surface area contributed by atoms with Crippen LogP contribution in [0.15, 0.2) is 30.9 Å². The van der Waals surface area contributed by atoms with Gasteiger partial charge in [-0.3, -0.25) is 0 Å². The molecule has 0 fully saturated rings. The van der Waals surface area contributed by atoms with Gasteiger partial charge in [0.2, 0.25) is 11.8 Å². The lowest BCUT2D eigenvalue weighted by molar-refractivity contribution is 0.220. The van der Waals surface area contributed by atoms with Crippen molar-refractivity contribution in [2.45, 2.75) is 19.6 Å². The number of hydrogen-bond acceptors (Lipinski definition) is 5. The van der Waals surface area contributed by atoms with Crippen LogP contribution in [0.25, 0.3) is 11.8 Å². The molecule has 134 valence electrons. The third kappa shape index (κ3) is 2.68. The van der Waals surface area contributed by atoms with Gasteiger partial charge in [-0.2, -0.15) is 5.10 Å². The number of aromatic nitrogens is 4. The first kappa shape index (κ1) is 16.5. The van der Waals surface area contributed by atoms with Crippen molar-refractivity contribution in [2.24, 2.45) is 0 Å². The molecule has 0 bridgehead atoms. The van der Waals surface area contributed by atoms with E-state index in [2.05, 4.69) is 10.1 Å². The summed E-state index contributed by atoms with van der Waals surface area (Å²) in [6.45, 7) is 0.0215. The van der Waals surface area contributed by atoms with Gasteiger partial charge in [-0.1, -0.05) is 23.8 Å². The summed E-state index contributed by atoms with van der Waals surface area (Å²) in [5, 5.41) is 24.9. The second-order valence-corrected chi connectivity index (χ2v) is 6.17. The second kappa shape index (κ2) is 6.38. The van der Waals surface area contributed by atoms with Gasteiger partial charge in [0, 0.05) is 17.2 Å². The monoisotopic (exact) mass is 376 g/mol. The van der Waals surface area contributed by atoms with Crippen LogP contribution in [0.2, 0.25) is 5.02 Å². The molecule has 4 rings (SSSR count). The minimum absolute atomic E-state index is 0.0215. The predicted molar refractivity (Wildman–Crippen MR) is 92.1 cm³/mol. The van der Waals surface area contributed by atoms with Gasteiger partial charge in [0.05, 0.1) is 10.7 Å². The number of ether oxygens (including phenoxy) is 1. The summed E-state index contributed by atoms with van der Waals surface area (Å²) in [5.41, 5.74) is 0.985. The molecule has 0 spiro atoms. The second-order valence-electron chi connectivity index (χ2n) is 5.76. The first-order chi connectivity index (χ1) is 12.6. The van der Waals surface area contributed by atoms with E-state index in [-0.39, 0.29) is 35.0 Å². The van der Waals surface area contributed by atoms with Gasteiger partial charge in [-0.15, -0.1) is 0 Å². The summed E-state index contributed by atoms with van der Waals surface area (Å²) < 4.78 is 22.6. The van der Waals surface area contributed by atoms with E-state index in [0.29, 0.717) is 17.5 Å². The Bertz CT molecular complexity index is 998. The largest absolute Gasteiger partial charge is 0.494 e. The van der Waals surface area contributed by atoms with Gasteiger partial charge in [0.15, 0.2) is 6.73 Å². The number of allylic oxidation sites excluding steroid dienone is 1. The summed E-state index contributed by atoms with van der Waals surface area (Å²) in [6.07, 6.45) is 7.71. The molecule has 2 heterocycles. The number of hydrogen-bond donors (Lipinski definition) is 2. The number of fused-ring (bicyclic) bond motifs is 1. The van der Waals surface area contributed by atoms with Crippen LogP contribution in [0.1, 0.15) is 17.5 Å². The fourth-order valence-electron chi connectivity index (χ4n) is 2.93. The Labute approximate surface area is 152 Å². The summed E-state index contributed by atoms with van der Waals surface area (Å²) in [6, 6.07) is 2.39. The van der Waals surface area contributed by atoms with Gasteiger partial charge in [0.1, 0.15) is 24.2 Å². The van der Waals surface area contributed by atoms with E-state index in [1.807, 2.05) is 6.08 Å². The average molecular weight is 377 g/mol. The van der Waals surface area contributed by atoms with Crippen molar-refractivity contribution in [1.82, 2.24) is 19.3 Å². The van der Waals surface area contributed by atoms with E-state index < -0.39 is 5.82 Å². The fourth-order valence-corrected chi connectivity index (χ4v) is 3.13. The highest BCUT2D eigenvalue weighted by Crippen LogP contribution is 2.42.